The number of hydrogen-bond donors (Lipinski definition) is 2. The molecule has 1 aliphatic rings. The van der Waals surface area contributed by atoms with Crippen LogP contribution in [0.2, 0.25) is 0 Å². The summed E-state index contributed by atoms with van der Waals surface area (Å²) in [5.41, 5.74) is 6.55. The van der Waals surface area contributed by atoms with Gasteiger partial charge in [-0.25, -0.2) is 0 Å². The number of nitrogens with one attached hydrogen (secondary N) is 1. The second-order valence-corrected chi connectivity index (χ2v) is 2.85. The number of para-hydroxylation sites is 1. The maximum atomic E-state index is 7.21. The third kappa shape index (κ3) is 1.50. The van der Waals surface area contributed by atoms with E-state index in [0.29, 0.717) is 11.5 Å². The Morgan fingerprint density at radius 2 is 2.07 bits per heavy atom. The molecule has 2 rings (SSSR count). The highest BCUT2D eigenvalue weighted by Crippen LogP contribution is 2.21. The van der Waals surface area contributed by atoms with Crippen LogP contribution in [-0.2, 0) is 0 Å². The van der Waals surface area contributed by atoms with E-state index >= 15 is 0 Å². The van der Waals surface area contributed by atoms with Crippen LogP contribution in [0.3, 0.4) is 0 Å². The second-order valence-electron chi connectivity index (χ2n) is 2.85. The van der Waals surface area contributed by atoms with Gasteiger partial charge in [-0.1, -0.05) is 23.4 Å². The second kappa shape index (κ2) is 3.33. The van der Waals surface area contributed by atoms with E-state index in [0.717, 1.165) is 5.56 Å². The molecule has 0 amide bonds. The lowest BCUT2D eigenvalue weighted by atomic mass is 10.2. The van der Waals surface area contributed by atoms with Gasteiger partial charge < -0.3 is 10.6 Å². The summed E-state index contributed by atoms with van der Waals surface area (Å²) >= 11 is 0. The molecule has 1 heterocycles. The molecule has 0 saturated heterocycles. The van der Waals surface area contributed by atoms with Crippen LogP contribution in [0, 0.1) is 5.41 Å². The van der Waals surface area contributed by atoms with Gasteiger partial charge in [-0.15, -0.1) is 0 Å². The quantitative estimate of drug-likeness (QED) is 0.515. The molecule has 4 nitrogen and oxygen atoms in total. The van der Waals surface area contributed by atoms with Crippen molar-refractivity contribution >= 4 is 17.6 Å². The first-order valence-electron chi connectivity index (χ1n) is 4.14. The van der Waals surface area contributed by atoms with E-state index in [1.54, 1.807) is 6.08 Å². The highest BCUT2D eigenvalue weighted by atomic mass is 16.6. The van der Waals surface area contributed by atoms with Crippen LogP contribution in [0.15, 0.2) is 35.5 Å². The SMILES string of the molecule is N=C(N)C1=NOc2ccccc2C=C1. The summed E-state index contributed by atoms with van der Waals surface area (Å²) < 4.78 is 0. The van der Waals surface area contributed by atoms with Gasteiger partial charge in [-0.05, 0) is 18.2 Å². The van der Waals surface area contributed by atoms with Crippen LogP contribution in [0.1, 0.15) is 5.56 Å². The van der Waals surface area contributed by atoms with Gasteiger partial charge in [0.2, 0.25) is 0 Å². The third-order valence-corrected chi connectivity index (χ3v) is 1.86. The number of benzene rings is 1. The van der Waals surface area contributed by atoms with Crippen LogP contribution in [0.4, 0.5) is 0 Å². The van der Waals surface area contributed by atoms with Crippen molar-refractivity contribution in [3.63, 3.8) is 0 Å². The molecule has 1 aromatic rings. The van der Waals surface area contributed by atoms with Crippen molar-refractivity contribution in [2.24, 2.45) is 10.9 Å². The first-order chi connectivity index (χ1) is 6.77. The average Bonchev–Trinajstić information content (AvgIpc) is 2.39. The predicted octanol–water partition coefficient (Wildman–Crippen LogP) is 1.38. The lowest BCUT2D eigenvalue weighted by Crippen LogP contribution is -2.20. The number of rotatable bonds is 1. The van der Waals surface area contributed by atoms with E-state index in [9.17, 15) is 0 Å². The molecule has 0 aromatic heterocycles. The van der Waals surface area contributed by atoms with Crippen LogP contribution >= 0.6 is 0 Å². The summed E-state index contributed by atoms with van der Waals surface area (Å²) in [5, 5.41) is 11.0. The fraction of sp³-hybridized carbons (Fsp3) is 0. The van der Waals surface area contributed by atoms with E-state index in [1.165, 1.54) is 0 Å². The Hall–Kier alpha value is -2.10. The highest BCUT2D eigenvalue weighted by Gasteiger charge is 2.07. The van der Waals surface area contributed by atoms with Gasteiger partial charge in [-0.2, -0.15) is 0 Å². The Balaban J connectivity index is 2.41. The largest absolute Gasteiger partial charge is 0.382 e. The Labute approximate surface area is 81.2 Å². The molecule has 0 bridgehead atoms. The standard InChI is InChI=1S/C10H9N3O/c11-10(12)8-6-5-7-3-1-2-4-9(7)14-13-8/h1-6H,(H3,11,12). The lowest BCUT2D eigenvalue weighted by molar-refractivity contribution is 0.343. The molecule has 1 aliphatic heterocycles. The molecule has 0 unspecified atom stereocenters. The first kappa shape index (κ1) is 8.50. The number of nitrogens with two attached hydrogens (primary N) is 1. The molecule has 0 radical (unpaired) electrons. The van der Waals surface area contributed by atoms with E-state index in [-0.39, 0.29) is 5.84 Å². The maximum Gasteiger partial charge on any atom is 0.165 e. The Morgan fingerprint density at radius 3 is 2.86 bits per heavy atom. The minimum absolute atomic E-state index is 0.103. The molecule has 70 valence electrons. The molecule has 3 N–H and O–H groups in total. The Bertz CT molecular complexity index is 435. The molecule has 0 fully saturated rings. The van der Waals surface area contributed by atoms with E-state index in [4.69, 9.17) is 16.0 Å². The molecule has 0 aliphatic carbocycles. The molecule has 0 saturated carbocycles. The monoisotopic (exact) mass is 187 g/mol. The van der Waals surface area contributed by atoms with Crippen LogP contribution in [0.5, 0.6) is 5.75 Å². The summed E-state index contributed by atoms with van der Waals surface area (Å²) in [7, 11) is 0. The number of oxime groups is 1. The number of amidine groups is 1. The molecule has 14 heavy (non-hydrogen) atoms. The fourth-order valence-corrected chi connectivity index (χ4v) is 1.14. The molecule has 1 aromatic carbocycles. The first-order valence-corrected chi connectivity index (χ1v) is 4.14. The summed E-state index contributed by atoms with van der Waals surface area (Å²) in [6.45, 7) is 0. The van der Waals surface area contributed by atoms with Crippen molar-refractivity contribution in [2.45, 2.75) is 0 Å². The van der Waals surface area contributed by atoms with Gasteiger partial charge in [0.1, 0.15) is 11.5 Å². The summed E-state index contributed by atoms with van der Waals surface area (Å²) in [6, 6.07) is 7.49. The molecule has 0 spiro atoms. The summed E-state index contributed by atoms with van der Waals surface area (Å²) in [5.74, 6) is 0.564. The third-order valence-electron chi connectivity index (χ3n) is 1.86. The van der Waals surface area contributed by atoms with Crippen LogP contribution in [0.25, 0.3) is 6.08 Å². The van der Waals surface area contributed by atoms with Crippen molar-refractivity contribution in [3.8, 4) is 5.75 Å². The summed E-state index contributed by atoms with van der Waals surface area (Å²) in [4.78, 5) is 5.13. The zero-order valence-corrected chi connectivity index (χ0v) is 7.40. The van der Waals surface area contributed by atoms with Gasteiger partial charge in [0.25, 0.3) is 0 Å². The van der Waals surface area contributed by atoms with E-state index in [2.05, 4.69) is 5.16 Å². The summed E-state index contributed by atoms with van der Waals surface area (Å²) in [6.07, 6.45) is 3.48. The van der Waals surface area contributed by atoms with Crippen molar-refractivity contribution < 1.29 is 4.84 Å². The molecular weight excluding hydrogens is 178 g/mol. The van der Waals surface area contributed by atoms with Gasteiger partial charge >= 0.3 is 0 Å². The average molecular weight is 187 g/mol. The highest BCUT2D eigenvalue weighted by molar-refractivity contribution is 6.44. The molecule has 0 atom stereocenters. The topological polar surface area (TPSA) is 71.5 Å². The van der Waals surface area contributed by atoms with Crippen molar-refractivity contribution in [3.05, 3.63) is 35.9 Å². The van der Waals surface area contributed by atoms with E-state index in [1.807, 2.05) is 30.3 Å². The molecular formula is C10H9N3O. The zero-order valence-electron chi connectivity index (χ0n) is 7.40. The zero-order chi connectivity index (χ0) is 9.97. The fourth-order valence-electron chi connectivity index (χ4n) is 1.14. The van der Waals surface area contributed by atoms with E-state index < -0.39 is 0 Å². The van der Waals surface area contributed by atoms with Crippen LogP contribution in [-0.4, -0.2) is 11.5 Å². The lowest BCUT2D eigenvalue weighted by Gasteiger charge is -1.99. The van der Waals surface area contributed by atoms with Gasteiger partial charge in [-0.3, -0.25) is 5.41 Å². The van der Waals surface area contributed by atoms with Crippen molar-refractivity contribution in [2.75, 3.05) is 0 Å². The van der Waals surface area contributed by atoms with Gasteiger partial charge in [0, 0.05) is 5.56 Å². The van der Waals surface area contributed by atoms with Crippen molar-refractivity contribution in [1.82, 2.24) is 0 Å². The normalized spacial score (nSPS) is 13.6. The van der Waals surface area contributed by atoms with Gasteiger partial charge in [0.05, 0.1) is 0 Å². The minimum atomic E-state index is -0.103. The smallest absolute Gasteiger partial charge is 0.165 e. The van der Waals surface area contributed by atoms with Crippen molar-refractivity contribution in [1.29, 1.82) is 5.41 Å². The Morgan fingerprint density at radius 1 is 1.29 bits per heavy atom. The number of fused-ring (bicyclic) bond motifs is 1. The predicted molar refractivity (Wildman–Crippen MR) is 55.5 cm³/mol. The number of hydrogen-bond acceptors (Lipinski definition) is 3. The molecule has 4 heteroatoms. The van der Waals surface area contributed by atoms with Crippen LogP contribution < -0.4 is 10.6 Å². The minimum Gasteiger partial charge on any atom is -0.382 e. The Kier molecular flexibility index (Phi) is 2.02. The number of nitrogens with zero attached hydrogens (tertiary/aromatic N) is 1. The maximum absolute atomic E-state index is 7.21. The van der Waals surface area contributed by atoms with Gasteiger partial charge in [0.15, 0.2) is 5.75 Å².